The van der Waals surface area contributed by atoms with E-state index < -0.39 is 0 Å². The minimum absolute atomic E-state index is 0.00927. The van der Waals surface area contributed by atoms with Crippen molar-refractivity contribution in [1.82, 2.24) is 4.90 Å². The quantitative estimate of drug-likeness (QED) is 0.680. The van der Waals surface area contributed by atoms with Crippen LogP contribution in [-0.2, 0) is 9.53 Å². The molecule has 0 aromatic heterocycles. The maximum Gasteiger partial charge on any atom is 0.248 e. The van der Waals surface area contributed by atoms with Crippen LogP contribution in [0.15, 0.2) is 24.3 Å². The summed E-state index contributed by atoms with van der Waals surface area (Å²) in [4.78, 5) is 13.8. The Kier molecular flexibility index (Phi) is 7.50. The number of carbonyl (C=O) groups is 1. The lowest BCUT2D eigenvalue weighted by Gasteiger charge is -2.27. The van der Waals surface area contributed by atoms with Gasteiger partial charge in [0.05, 0.1) is 12.7 Å². The van der Waals surface area contributed by atoms with Crippen LogP contribution in [0.2, 0.25) is 0 Å². The standard InChI is InChI=1S/C19H28FNO3/c1-15-5-3-6-18(13-15)24-14-19(22)21(2)11-4-12-23-17-9-7-16(20)8-10-17/h7-10,15,18H,3-6,11-14H2,1-2H3. The third-order valence-electron chi connectivity index (χ3n) is 4.48. The summed E-state index contributed by atoms with van der Waals surface area (Å²) in [5.41, 5.74) is 0. The Labute approximate surface area is 143 Å². The Morgan fingerprint density at radius 2 is 2.04 bits per heavy atom. The molecule has 0 bridgehead atoms. The van der Waals surface area contributed by atoms with Crippen LogP contribution in [0.3, 0.4) is 0 Å². The monoisotopic (exact) mass is 337 g/mol. The van der Waals surface area contributed by atoms with Crippen molar-refractivity contribution in [1.29, 1.82) is 0 Å². The second-order valence-corrected chi connectivity index (χ2v) is 6.68. The van der Waals surface area contributed by atoms with Crippen molar-refractivity contribution in [3.8, 4) is 5.75 Å². The Morgan fingerprint density at radius 1 is 1.29 bits per heavy atom. The number of nitrogens with zero attached hydrogens (tertiary/aromatic N) is 1. The van der Waals surface area contributed by atoms with E-state index in [1.807, 2.05) is 0 Å². The van der Waals surface area contributed by atoms with Gasteiger partial charge in [0.15, 0.2) is 0 Å². The molecule has 5 heteroatoms. The molecule has 2 unspecified atom stereocenters. The third-order valence-corrected chi connectivity index (χ3v) is 4.48. The molecule has 24 heavy (non-hydrogen) atoms. The van der Waals surface area contributed by atoms with Gasteiger partial charge in [-0.2, -0.15) is 0 Å². The molecule has 0 heterocycles. The van der Waals surface area contributed by atoms with Crippen molar-refractivity contribution in [3.63, 3.8) is 0 Å². The predicted octanol–water partition coefficient (Wildman–Crippen LogP) is 3.65. The maximum atomic E-state index is 12.8. The summed E-state index contributed by atoms with van der Waals surface area (Å²) in [6.45, 7) is 3.51. The van der Waals surface area contributed by atoms with Gasteiger partial charge in [-0.25, -0.2) is 4.39 Å². The minimum Gasteiger partial charge on any atom is -0.494 e. The molecule has 1 aliphatic rings. The summed E-state index contributed by atoms with van der Waals surface area (Å²) in [5.74, 6) is 1.07. The molecule has 0 N–H and O–H groups in total. The van der Waals surface area contributed by atoms with Gasteiger partial charge in [-0.15, -0.1) is 0 Å². The molecule has 4 nitrogen and oxygen atoms in total. The smallest absolute Gasteiger partial charge is 0.248 e. The zero-order valence-electron chi connectivity index (χ0n) is 14.7. The first-order valence-electron chi connectivity index (χ1n) is 8.78. The zero-order valence-corrected chi connectivity index (χ0v) is 14.7. The van der Waals surface area contributed by atoms with Gasteiger partial charge in [0.25, 0.3) is 0 Å². The van der Waals surface area contributed by atoms with Crippen LogP contribution in [0.4, 0.5) is 4.39 Å². The summed E-state index contributed by atoms with van der Waals surface area (Å²) in [7, 11) is 1.78. The van der Waals surface area contributed by atoms with Crippen molar-refractivity contribution < 1.29 is 18.7 Å². The van der Waals surface area contributed by atoms with Gasteiger partial charge in [-0.3, -0.25) is 4.79 Å². The van der Waals surface area contributed by atoms with Gasteiger partial charge < -0.3 is 14.4 Å². The first kappa shape index (κ1) is 18.7. The average Bonchev–Trinajstić information content (AvgIpc) is 2.58. The van der Waals surface area contributed by atoms with Crippen molar-refractivity contribution in [2.24, 2.45) is 5.92 Å². The number of halogens is 1. The molecule has 0 saturated heterocycles. The molecule has 1 fully saturated rings. The summed E-state index contributed by atoms with van der Waals surface area (Å²) in [5, 5.41) is 0. The summed E-state index contributed by atoms with van der Waals surface area (Å²) in [6, 6.07) is 5.94. The summed E-state index contributed by atoms with van der Waals surface area (Å²) >= 11 is 0. The van der Waals surface area contributed by atoms with Crippen LogP contribution in [-0.4, -0.2) is 43.7 Å². The Morgan fingerprint density at radius 3 is 2.75 bits per heavy atom. The number of hydrogen-bond donors (Lipinski definition) is 0. The lowest BCUT2D eigenvalue weighted by atomic mass is 9.89. The number of amides is 1. The normalized spacial score (nSPS) is 20.6. The van der Waals surface area contributed by atoms with Crippen molar-refractivity contribution in [3.05, 3.63) is 30.1 Å². The highest BCUT2D eigenvalue weighted by Crippen LogP contribution is 2.25. The van der Waals surface area contributed by atoms with Gasteiger partial charge >= 0.3 is 0 Å². The van der Waals surface area contributed by atoms with E-state index in [1.165, 1.54) is 25.0 Å². The topological polar surface area (TPSA) is 38.8 Å². The van der Waals surface area contributed by atoms with Gasteiger partial charge in [0, 0.05) is 13.6 Å². The lowest BCUT2D eigenvalue weighted by molar-refractivity contribution is -0.138. The molecule has 1 aliphatic carbocycles. The van der Waals surface area contributed by atoms with Gasteiger partial charge in [0.2, 0.25) is 5.91 Å². The fourth-order valence-electron chi connectivity index (χ4n) is 2.98. The average molecular weight is 337 g/mol. The molecule has 1 aromatic carbocycles. The van der Waals surface area contributed by atoms with Crippen molar-refractivity contribution in [2.75, 3.05) is 26.8 Å². The van der Waals surface area contributed by atoms with E-state index in [0.717, 1.165) is 19.3 Å². The van der Waals surface area contributed by atoms with E-state index in [1.54, 1.807) is 24.1 Å². The SMILES string of the molecule is CC1CCCC(OCC(=O)N(C)CCCOc2ccc(F)cc2)C1. The first-order chi connectivity index (χ1) is 11.5. The molecular weight excluding hydrogens is 309 g/mol. The number of rotatable bonds is 8. The first-order valence-corrected chi connectivity index (χ1v) is 8.78. The van der Waals surface area contributed by atoms with E-state index in [-0.39, 0.29) is 24.4 Å². The van der Waals surface area contributed by atoms with Crippen LogP contribution >= 0.6 is 0 Å². The molecule has 0 aliphatic heterocycles. The number of benzene rings is 1. The van der Waals surface area contributed by atoms with Crippen LogP contribution in [0.1, 0.15) is 39.0 Å². The summed E-state index contributed by atoms with van der Waals surface area (Å²) in [6.07, 6.45) is 5.53. The molecule has 134 valence electrons. The van der Waals surface area contributed by atoms with Crippen LogP contribution in [0, 0.1) is 11.7 Å². The molecule has 0 radical (unpaired) electrons. The van der Waals surface area contributed by atoms with Crippen LogP contribution in [0.5, 0.6) is 5.75 Å². The molecule has 2 rings (SSSR count). The van der Waals surface area contributed by atoms with E-state index >= 15 is 0 Å². The Bertz CT molecular complexity index is 506. The van der Waals surface area contributed by atoms with Gasteiger partial charge in [-0.1, -0.05) is 19.8 Å². The highest BCUT2D eigenvalue weighted by atomic mass is 19.1. The van der Waals surface area contributed by atoms with Crippen LogP contribution < -0.4 is 4.74 Å². The van der Waals surface area contributed by atoms with E-state index in [4.69, 9.17) is 9.47 Å². The van der Waals surface area contributed by atoms with Gasteiger partial charge in [0.1, 0.15) is 18.2 Å². The molecule has 1 amide bonds. The Hall–Kier alpha value is -1.62. The minimum atomic E-state index is -0.278. The number of likely N-dealkylation sites (N-methyl/N-ethyl adjacent to an activating group) is 1. The molecule has 1 saturated carbocycles. The third kappa shape index (κ3) is 6.48. The number of hydrogen-bond acceptors (Lipinski definition) is 3. The summed E-state index contributed by atoms with van der Waals surface area (Å²) < 4.78 is 24.1. The fraction of sp³-hybridized carbons (Fsp3) is 0.632. The molecule has 0 spiro atoms. The van der Waals surface area contributed by atoms with E-state index in [0.29, 0.717) is 24.8 Å². The lowest BCUT2D eigenvalue weighted by Crippen LogP contribution is -2.34. The number of carbonyl (C=O) groups excluding carboxylic acids is 1. The van der Waals surface area contributed by atoms with E-state index in [2.05, 4.69) is 6.92 Å². The molecular formula is C19H28FNO3. The van der Waals surface area contributed by atoms with Gasteiger partial charge in [-0.05, 0) is 49.4 Å². The van der Waals surface area contributed by atoms with Crippen molar-refractivity contribution >= 4 is 5.91 Å². The fourth-order valence-corrected chi connectivity index (χ4v) is 2.98. The highest BCUT2D eigenvalue weighted by Gasteiger charge is 2.20. The second kappa shape index (κ2) is 9.62. The second-order valence-electron chi connectivity index (χ2n) is 6.68. The van der Waals surface area contributed by atoms with Crippen LogP contribution in [0.25, 0.3) is 0 Å². The number of ether oxygens (including phenoxy) is 2. The molecule has 1 aromatic rings. The largest absolute Gasteiger partial charge is 0.494 e. The highest BCUT2D eigenvalue weighted by molar-refractivity contribution is 5.77. The predicted molar refractivity (Wildman–Crippen MR) is 91.5 cm³/mol. The maximum absolute atomic E-state index is 12.8. The van der Waals surface area contributed by atoms with Crippen molar-refractivity contribution in [2.45, 2.75) is 45.1 Å². The Balaban J connectivity index is 1.58. The van der Waals surface area contributed by atoms with E-state index in [9.17, 15) is 9.18 Å². The molecule has 2 atom stereocenters. The zero-order chi connectivity index (χ0) is 17.4.